The van der Waals surface area contributed by atoms with Gasteiger partial charge in [-0.15, -0.1) is 6.42 Å². The minimum atomic E-state index is 0.165. The quantitative estimate of drug-likeness (QED) is 0.433. The van der Waals surface area contributed by atoms with Crippen molar-refractivity contribution in [2.24, 2.45) is 0 Å². The topological polar surface area (TPSA) is 27.7 Å². The van der Waals surface area contributed by atoms with Crippen molar-refractivity contribution in [2.75, 3.05) is 20.5 Å². The molecule has 0 saturated carbocycles. The number of hydrogen-bond acceptors (Lipinski definition) is 3. The molecule has 0 aliphatic heterocycles. The molecule has 1 aromatic rings. The Morgan fingerprint density at radius 3 is 2.38 bits per heavy atom. The lowest BCUT2D eigenvalue weighted by Gasteiger charge is -2.13. The molecular weight excluding hydrogens is 204 g/mol. The number of benzene rings is 1. The second-order valence-electron chi connectivity index (χ2n) is 3.41. The van der Waals surface area contributed by atoms with Crippen LogP contribution in [0.5, 0.6) is 11.5 Å². The second-order valence-corrected chi connectivity index (χ2v) is 3.41. The Morgan fingerprint density at radius 1 is 1.25 bits per heavy atom. The molecule has 0 bridgehead atoms. The van der Waals surface area contributed by atoms with Crippen LogP contribution in [0.15, 0.2) is 12.1 Å². The summed E-state index contributed by atoms with van der Waals surface area (Å²) in [6, 6.07) is 3.84. The monoisotopic (exact) mass is 220 g/mol. The molecule has 0 saturated heterocycles. The molecule has 86 valence electrons. The highest BCUT2D eigenvalue weighted by Crippen LogP contribution is 2.28. The van der Waals surface area contributed by atoms with Crippen LogP contribution in [-0.2, 0) is 4.74 Å². The summed E-state index contributed by atoms with van der Waals surface area (Å²) in [5.74, 6) is 4.02. The van der Waals surface area contributed by atoms with Crippen LogP contribution in [0.3, 0.4) is 0 Å². The number of ether oxygens (including phenoxy) is 3. The largest absolute Gasteiger partial charge is 0.497 e. The van der Waals surface area contributed by atoms with Crippen molar-refractivity contribution >= 4 is 0 Å². The number of hydrogen-bond donors (Lipinski definition) is 0. The van der Waals surface area contributed by atoms with Gasteiger partial charge in [-0.25, -0.2) is 0 Å². The van der Waals surface area contributed by atoms with Crippen molar-refractivity contribution in [2.45, 2.75) is 13.8 Å². The van der Waals surface area contributed by atoms with E-state index < -0.39 is 0 Å². The summed E-state index contributed by atoms with van der Waals surface area (Å²) in [5.41, 5.74) is 2.03. The molecule has 1 aromatic carbocycles. The minimum Gasteiger partial charge on any atom is -0.497 e. The first-order valence-corrected chi connectivity index (χ1v) is 4.98. The molecule has 0 atom stereocenters. The predicted octanol–water partition coefficient (Wildman–Crippen LogP) is 2.30. The van der Waals surface area contributed by atoms with E-state index in [1.54, 1.807) is 7.11 Å². The first kappa shape index (κ1) is 12.4. The standard InChI is InChI=1S/C13H16O3/c1-5-6-15-9-16-13-10(2)7-12(14-4)8-11(13)3/h1,7-8H,6,9H2,2-4H3. The van der Waals surface area contributed by atoms with Gasteiger partial charge < -0.3 is 14.2 Å². The zero-order chi connectivity index (χ0) is 12.0. The maximum atomic E-state index is 5.50. The third-order valence-corrected chi connectivity index (χ3v) is 2.14. The van der Waals surface area contributed by atoms with Gasteiger partial charge in [-0.3, -0.25) is 0 Å². The lowest BCUT2D eigenvalue weighted by atomic mass is 10.1. The summed E-state index contributed by atoms with van der Waals surface area (Å²) in [5, 5.41) is 0. The molecule has 0 amide bonds. The van der Waals surface area contributed by atoms with E-state index in [-0.39, 0.29) is 13.4 Å². The van der Waals surface area contributed by atoms with Crippen LogP contribution < -0.4 is 9.47 Å². The van der Waals surface area contributed by atoms with Gasteiger partial charge in [-0.05, 0) is 37.1 Å². The third kappa shape index (κ3) is 3.18. The van der Waals surface area contributed by atoms with Crippen molar-refractivity contribution in [3.05, 3.63) is 23.3 Å². The minimum absolute atomic E-state index is 0.165. The molecule has 0 N–H and O–H groups in total. The number of terminal acetylenes is 1. The lowest BCUT2D eigenvalue weighted by molar-refractivity contribution is 0.0324. The summed E-state index contributed by atoms with van der Waals surface area (Å²) >= 11 is 0. The first-order chi connectivity index (χ1) is 7.69. The summed E-state index contributed by atoms with van der Waals surface area (Å²) in [4.78, 5) is 0. The summed E-state index contributed by atoms with van der Waals surface area (Å²) in [6.45, 7) is 4.35. The Morgan fingerprint density at radius 2 is 1.88 bits per heavy atom. The number of methoxy groups -OCH3 is 1. The zero-order valence-corrected chi connectivity index (χ0v) is 9.87. The van der Waals surface area contributed by atoms with Crippen molar-refractivity contribution in [1.82, 2.24) is 0 Å². The van der Waals surface area contributed by atoms with E-state index in [1.807, 2.05) is 26.0 Å². The Hall–Kier alpha value is -1.66. The van der Waals surface area contributed by atoms with Gasteiger partial charge in [-0.2, -0.15) is 0 Å². The second kappa shape index (κ2) is 6.04. The highest BCUT2D eigenvalue weighted by atomic mass is 16.7. The Kier molecular flexibility index (Phi) is 4.68. The van der Waals surface area contributed by atoms with Crippen LogP contribution in [0.25, 0.3) is 0 Å². The maximum absolute atomic E-state index is 5.50. The van der Waals surface area contributed by atoms with E-state index in [9.17, 15) is 0 Å². The van der Waals surface area contributed by atoms with Crippen LogP contribution >= 0.6 is 0 Å². The fourth-order valence-electron chi connectivity index (χ4n) is 1.46. The summed E-state index contributed by atoms with van der Waals surface area (Å²) in [6.07, 6.45) is 5.06. The van der Waals surface area contributed by atoms with E-state index in [2.05, 4.69) is 5.92 Å². The highest BCUT2D eigenvalue weighted by Gasteiger charge is 2.06. The van der Waals surface area contributed by atoms with Gasteiger partial charge in [0.15, 0.2) is 6.79 Å². The molecule has 0 heterocycles. The van der Waals surface area contributed by atoms with Gasteiger partial charge in [-0.1, -0.05) is 5.92 Å². The average Bonchev–Trinajstić information content (AvgIpc) is 2.26. The molecule has 0 fully saturated rings. The van der Waals surface area contributed by atoms with E-state index in [0.717, 1.165) is 22.6 Å². The molecule has 0 aliphatic rings. The van der Waals surface area contributed by atoms with Crippen LogP contribution in [-0.4, -0.2) is 20.5 Å². The molecule has 0 spiro atoms. The van der Waals surface area contributed by atoms with E-state index in [0.29, 0.717) is 0 Å². The fourth-order valence-corrected chi connectivity index (χ4v) is 1.46. The van der Waals surface area contributed by atoms with Crippen molar-refractivity contribution in [3.63, 3.8) is 0 Å². The Balaban J connectivity index is 2.69. The number of rotatable bonds is 5. The van der Waals surface area contributed by atoms with E-state index >= 15 is 0 Å². The molecule has 0 aromatic heterocycles. The van der Waals surface area contributed by atoms with Gasteiger partial charge >= 0.3 is 0 Å². The average molecular weight is 220 g/mol. The van der Waals surface area contributed by atoms with E-state index in [1.165, 1.54) is 0 Å². The zero-order valence-electron chi connectivity index (χ0n) is 9.87. The third-order valence-electron chi connectivity index (χ3n) is 2.14. The van der Waals surface area contributed by atoms with Gasteiger partial charge in [0.25, 0.3) is 0 Å². The molecule has 0 radical (unpaired) electrons. The van der Waals surface area contributed by atoms with Gasteiger partial charge in [0.1, 0.15) is 18.1 Å². The molecule has 3 heteroatoms. The Labute approximate surface area is 96.3 Å². The molecule has 0 unspecified atom stereocenters. The van der Waals surface area contributed by atoms with Gasteiger partial charge in [0, 0.05) is 0 Å². The normalized spacial score (nSPS) is 9.62. The summed E-state index contributed by atoms with van der Waals surface area (Å²) < 4.78 is 15.7. The highest BCUT2D eigenvalue weighted by molar-refractivity contribution is 5.45. The van der Waals surface area contributed by atoms with Crippen molar-refractivity contribution in [1.29, 1.82) is 0 Å². The molecule has 1 rings (SSSR count). The van der Waals surface area contributed by atoms with E-state index in [4.69, 9.17) is 20.6 Å². The molecule has 16 heavy (non-hydrogen) atoms. The maximum Gasteiger partial charge on any atom is 0.190 e. The van der Waals surface area contributed by atoms with Gasteiger partial charge in [0.2, 0.25) is 0 Å². The SMILES string of the molecule is C#CCOCOc1c(C)cc(OC)cc1C. The van der Waals surface area contributed by atoms with Crippen molar-refractivity contribution < 1.29 is 14.2 Å². The molecule has 3 nitrogen and oxygen atoms in total. The van der Waals surface area contributed by atoms with Crippen LogP contribution in [0.1, 0.15) is 11.1 Å². The van der Waals surface area contributed by atoms with Crippen LogP contribution in [0, 0.1) is 26.2 Å². The fraction of sp³-hybridized carbons (Fsp3) is 0.385. The molecular formula is C13H16O3. The number of aryl methyl sites for hydroxylation is 2. The lowest BCUT2D eigenvalue weighted by Crippen LogP contribution is -2.05. The van der Waals surface area contributed by atoms with Crippen LogP contribution in [0.4, 0.5) is 0 Å². The van der Waals surface area contributed by atoms with Crippen molar-refractivity contribution in [3.8, 4) is 23.8 Å². The summed E-state index contributed by atoms with van der Waals surface area (Å²) in [7, 11) is 1.64. The smallest absolute Gasteiger partial charge is 0.190 e. The first-order valence-electron chi connectivity index (χ1n) is 4.98. The Bertz CT molecular complexity index is 368. The van der Waals surface area contributed by atoms with Crippen LogP contribution in [0.2, 0.25) is 0 Å². The van der Waals surface area contributed by atoms with Gasteiger partial charge in [0.05, 0.1) is 7.11 Å². The molecule has 0 aliphatic carbocycles. The predicted molar refractivity (Wildman–Crippen MR) is 62.7 cm³/mol.